The van der Waals surface area contributed by atoms with Gasteiger partial charge in [0, 0.05) is 13.0 Å². The van der Waals surface area contributed by atoms with Gasteiger partial charge in [0.1, 0.15) is 0 Å². The quantitative estimate of drug-likeness (QED) is 0.732. The molecule has 94 valence electrons. The van der Waals surface area contributed by atoms with Crippen LogP contribution >= 0.6 is 0 Å². The van der Waals surface area contributed by atoms with Crippen molar-refractivity contribution in [3.63, 3.8) is 0 Å². The van der Waals surface area contributed by atoms with Gasteiger partial charge >= 0.3 is 5.97 Å². The highest BCUT2D eigenvalue weighted by atomic mass is 16.4. The molecule has 0 aliphatic rings. The molecule has 1 amide bonds. The Morgan fingerprint density at radius 2 is 1.88 bits per heavy atom. The molecule has 0 aromatic rings. The number of aliphatic carboxylic acids is 1. The zero-order valence-corrected chi connectivity index (χ0v) is 10.7. The molecule has 2 N–H and O–H groups in total. The van der Waals surface area contributed by atoms with E-state index in [0.29, 0.717) is 12.8 Å². The van der Waals surface area contributed by atoms with E-state index in [-0.39, 0.29) is 17.9 Å². The predicted octanol–water partition coefficient (Wildman–Crippen LogP) is 2.04. The molecule has 16 heavy (non-hydrogen) atoms. The Labute approximate surface area is 97.4 Å². The maximum atomic E-state index is 11.2. The van der Waals surface area contributed by atoms with Crippen molar-refractivity contribution in [2.24, 2.45) is 11.3 Å². The lowest BCUT2D eigenvalue weighted by Gasteiger charge is -2.23. The monoisotopic (exact) mass is 229 g/mol. The second-order valence-electron chi connectivity index (χ2n) is 5.35. The summed E-state index contributed by atoms with van der Waals surface area (Å²) in [7, 11) is 0. The Kier molecular flexibility index (Phi) is 6.08. The van der Waals surface area contributed by atoms with E-state index in [4.69, 9.17) is 5.11 Å². The number of carbonyl (C=O) groups excluding carboxylic acids is 1. The van der Waals surface area contributed by atoms with E-state index in [0.717, 1.165) is 6.42 Å². The van der Waals surface area contributed by atoms with E-state index >= 15 is 0 Å². The van der Waals surface area contributed by atoms with Crippen molar-refractivity contribution in [1.29, 1.82) is 0 Å². The fourth-order valence-corrected chi connectivity index (χ4v) is 1.54. The molecule has 0 fully saturated rings. The van der Waals surface area contributed by atoms with Crippen LogP contribution in [-0.2, 0) is 9.59 Å². The van der Waals surface area contributed by atoms with Gasteiger partial charge in [0.05, 0.1) is 5.92 Å². The molecular weight excluding hydrogens is 206 g/mol. The molecule has 0 bridgehead atoms. The van der Waals surface area contributed by atoms with Crippen molar-refractivity contribution >= 4 is 11.9 Å². The summed E-state index contributed by atoms with van der Waals surface area (Å²) >= 11 is 0. The van der Waals surface area contributed by atoms with Crippen molar-refractivity contribution in [1.82, 2.24) is 5.32 Å². The summed E-state index contributed by atoms with van der Waals surface area (Å²) in [5.74, 6) is -1.41. The van der Waals surface area contributed by atoms with Gasteiger partial charge in [-0.05, 0) is 18.3 Å². The molecule has 0 heterocycles. The van der Waals surface area contributed by atoms with Crippen molar-refractivity contribution in [2.75, 3.05) is 6.54 Å². The van der Waals surface area contributed by atoms with Crippen LogP contribution in [0.1, 0.15) is 47.0 Å². The first-order valence-corrected chi connectivity index (χ1v) is 5.75. The second-order valence-corrected chi connectivity index (χ2v) is 5.35. The van der Waals surface area contributed by atoms with E-state index in [2.05, 4.69) is 5.32 Å². The summed E-state index contributed by atoms with van der Waals surface area (Å²) in [5, 5.41) is 11.7. The first-order chi connectivity index (χ1) is 7.26. The molecule has 0 aromatic heterocycles. The molecule has 1 atom stereocenters. The molecule has 0 aromatic carbocycles. The summed E-state index contributed by atoms with van der Waals surface area (Å²) in [6.07, 6.45) is 1.80. The summed E-state index contributed by atoms with van der Waals surface area (Å²) in [4.78, 5) is 22.2. The molecule has 0 spiro atoms. The number of hydrogen-bond donors (Lipinski definition) is 2. The number of carboxylic acid groups (broad SMARTS) is 1. The Bertz CT molecular complexity index is 243. The zero-order chi connectivity index (χ0) is 12.8. The zero-order valence-electron chi connectivity index (χ0n) is 10.7. The van der Waals surface area contributed by atoms with Crippen LogP contribution in [0, 0.1) is 11.3 Å². The molecule has 0 radical (unpaired) electrons. The third kappa shape index (κ3) is 7.26. The minimum atomic E-state index is -0.841. The normalized spacial score (nSPS) is 13.2. The standard InChI is InChI=1S/C12H23NO3/c1-5-6-10(14)13-8-9(11(15)16)7-12(2,3)4/h9H,5-8H2,1-4H3,(H,13,14)(H,15,16). The topological polar surface area (TPSA) is 66.4 Å². The maximum Gasteiger partial charge on any atom is 0.308 e. The largest absolute Gasteiger partial charge is 0.481 e. The van der Waals surface area contributed by atoms with Crippen LogP contribution < -0.4 is 5.32 Å². The highest BCUT2D eigenvalue weighted by molar-refractivity contribution is 5.77. The van der Waals surface area contributed by atoms with Gasteiger partial charge in [-0.2, -0.15) is 0 Å². The lowest BCUT2D eigenvalue weighted by molar-refractivity contribution is -0.142. The van der Waals surface area contributed by atoms with Crippen LogP contribution in [0.2, 0.25) is 0 Å². The van der Waals surface area contributed by atoms with Crippen molar-refractivity contribution in [3.05, 3.63) is 0 Å². The smallest absolute Gasteiger partial charge is 0.308 e. The average molecular weight is 229 g/mol. The average Bonchev–Trinajstić information content (AvgIpc) is 2.10. The minimum absolute atomic E-state index is 0.0431. The highest BCUT2D eigenvalue weighted by Gasteiger charge is 2.24. The first-order valence-electron chi connectivity index (χ1n) is 5.75. The summed E-state index contributed by atoms with van der Waals surface area (Å²) in [6.45, 7) is 8.14. The van der Waals surface area contributed by atoms with E-state index in [1.165, 1.54) is 0 Å². The summed E-state index contributed by atoms with van der Waals surface area (Å²) < 4.78 is 0. The van der Waals surface area contributed by atoms with Gasteiger partial charge in [-0.25, -0.2) is 0 Å². The number of amides is 1. The highest BCUT2D eigenvalue weighted by Crippen LogP contribution is 2.24. The molecule has 4 heteroatoms. The van der Waals surface area contributed by atoms with Gasteiger partial charge in [-0.15, -0.1) is 0 Å². The number of hydrogen-bond acceptors (Lipinski definition) is 2. The van der Waals surface area contributed by atoms with Crippen LogP contribution in [0.15, 0.2) is 0 Å². The fraction of sp³-hybridized carbons (Fsp3) is 0.833. The third-order valence-corrected chi connectivity index (χ3v) is 2.23. The van der Waals surface area contributed by atoms with E-state index in [1.807, 2.05) is 27.7 Å². The van der Waals surface area contributed by atoms with Crippen molar-refractivity contribution in [2.45, 2.75) is 47.0 Å². The van der Waals surface area contributed by atoms with Gasteiger partial charge in [0.25, 0.3) is 0 Å². The van der Waals surface area contributed by atoms with E-state index < -0.39 is 11.9 Å². The molecule has 0 aliphatic carbocycles. The number of carboxylic acids is 1. The Morgan fingerprint density at radius 1 is 1.31 bits per heavy atom. The van der Waals surface area contributed by atoms with Gasteiger partial charge in [0.15, 0.2) is 0 Å². The Morgan fingerprint density at radius 3 is 2.25 bits per heavy atom. The number of carbonyl (C=O) groups is 2. The lowest BCUT2D eigenvalue weighted by Crippen LogP contribution is -2.34. The Balaban J connectivity index is 4.15. The fourth-order valence-electron chi connectivity index (χ4n) is 1.54. The number of rotatable bonds is 6. The first kappa shape index (κ1) is 14.9. The van der Waals surface area contributed by atoms with Crippen LogP contribution in [0.3, 0.4) is 0 Å². The lowest BCUT2D eigenvalue weighted by atomic mass is 9.84. The van der Waals surface area contributed by atoms with Crippen LogP contribution in [0.5, 0.6) is 0 Å². The van der Waals surface area contributed by atoms with Crippen LogP contribution in [0.4, 0.5) is 0 Å². The molecular formula is C12H23NO3. The SMILES string of the molecule is CCCC(=O)NCC(CC(C)(C)C)C(=O)O. The van der Waals surface area contributed by atoms with Crippen molar-refractivity contribution in [3.8, 4) is 0 Å². The Hall–Kier alpha value is -1.06. The molecule has 0 rings (SSSR count). The second kappa shape index (κ2) is 6.51. The molecule has 0 aliphatic heterocycles. The van der Waals surface area contributed by atoms with Crippen LogP contribution in [-0.4, -0.2) is 23.5 Å². The third-order valence-electron chi connectivity index (χ3n) is 2.23. The molecule has 0 saturated heterocycles. The van der Waals surface area contributed by atoms with Gasteiger partial charge in [-0.1, -0.05) is 27.7 Å². The molecule has 1 unspecified atom stereocenters. The van der Waals surface area contributed by atoms with E-state index in [9.17, 15) is 9.59 Å². The van der Waals surface area contributed by atoms with Gasteiger partial charge < -0.3 is 10.4 Å². The van der Waals surface area contributed by atoms with Gasteiger partial charge in [0.2, 0.25) is 5.91 Å². The van der Waals surface area contributed by atoms with Crippen molar-refractivity contribution < 1.29 is 14.7 Å². The van der Waals surface area contributed by atoms with Gasteiger partial charge in [-0.3, -0.25) is 9.59 Å². The summed E-state index contributed by atoms with van der Waals surface area (Å²) in [6, 6.07) is 0. The van der Waals surface area contributed by atoms with Crippen LogP contribution in [0.25, 0.3) is 0 Å². The predicted molar refractivity (Wildman–Crippen MR) is 63.1 cm³/mol. The maximum absolute atomic E-state index is 11.2. The number of nitrogens with one attached hydrogen (secondary N) is 1. The summed E-state index contributed by atoms with van der Waals surface area (Å²) in [5.41, 5.74) is -0.0431. The van der Waals surface area contributed by atoms with E-state index in [1.54, 1.807) is 0 Å². The minimum Gasteiger partial charge on any atom is -0.481 e. The molecule has 0 saturated carbocycles. The molecule has 4 nitrogen and oxygen atoms in total.